The predicted octanol–water partition coefficient (Wildman–Crippen LogP) is 5.35. The van der Waals surface area contributed by atoms with E-state index in [1.807, 2.05) is 38.1 Å². The first kappa shape index (κ1) is 21.8. The molecule has 3 rings (SSSR count). The van der Waals surface area contributed by atoms with E-state index in [1.54, 1.807) is 25.3 Å². The number of nitrogens with zero attached hydrogens (tertiary/aromatic N) is 1. The van der Waals surface area contributed by atoms with Gasteiger partial charge in [0.2, 0.25) is 0 Å². The van der Waals surface area contributed by atoms with Gasteiger partial charge >= 0.3 is 0 Å². The van der Waals surface area contributed by atoms with Crippen LogP contribution in [0, 0.1) is 13.8 Å². The number of carbonyl (C=O) groups excluding carboxylic acids is 3. The van der Waals surface area contributed by atoms with Gasteiger partial charge in [0.1, 0.15) is 5.75 Å². The van der Waals surface area contributed by atoms with Crippen molar-refractivity contribution in [2.75, 3.05) is 13.7 Å². The van der Waals surface area contributed by atoms with E-state index in [4.69, 9.17) is 4.74 Å². The summed E-state index contributed by atoms with van der Waals surface area (Å²) < 4.78 is 5.47. The van der Waals surface area contributed by atoms with Gasteiger partial charge in [0.15, 0.2) is 5.78 Å². The summed E-state index contributed by atoms with van der Waals surface area (Å²) >= 11 is 0.864. The van der Waals surface area contributed by atoms with E-state index in [0.29, 0.717) is 10.5 Å². The van der Waals surface area contributed by atoms with Crippen LogP contribution in [0.3, 0.4) is 0 Å². The van der Waals surface area contributed by atoms with Crippen molar-refractivity contribution in [3.63, 3.8) is 0 Å². The highest BCUT2D eigenvalue weighted by atomic mass is 32.2. The Labute approximate surface area is 181 Å². The van der Waals surface area contributed by atoms with Crippen LogP contribution in [-0.2, 0) is 4.79 Å². The van der Waals surface area contributed by atoms with Gasteiger partial charge in [0.25, 0.3) is 11.1 Å². The van der Waals surface area contributed by atoms with Crippen molar-refractivity contribution in [3.8, 4) is 5.75 Å². The van der Waals surface area contributed by atoms with E-state index in [0.717, 1.165) is 44.7 Å². The van der Waals surface area contributed by atoms with Crippen molar-refractivity contribution in [1.29, 1.82) is 0 Å². The molecule has 1 saturated heterocycles. The minimum Gasteiger partial charge on any atom is -0.496 e. The number of Topliss-reactive ketones (excluding diaryl/α,β-unsaturated/α-hetero) is 1. The highest BCUT2D eigenvalue weighted by Gasteiger charge is 2.36. The molecular weight excluding hydrogens is 398 g/mol. The second-order valence-electron chi connectivity index (χ2n) is 7.66. The van der Waals surface area contributed by atoms with Crippen LogP contribution in [0.4, 0.5) is 4.79 Å². The molecule has 0 aliphatic carbocycles. The molecule has 0 atom stereocenters. The van der Waals surface area contributed by atoms with Crippen LogP contribution in [0.2, 0.25) is 0 Å². The van der Waals surface area contributed by atoms with Crippen molar-refractivity contribution in [3.05, 3.63) is 69.1 Å². The van der Waals surface area contributed by atoms with Crippen LogP contribution >= 0.6 is 11.8 Å². The lowest BCUT2D eigenvalue weighted by Crippen LogP contribution is -2.33. The molecule has 0 radical (unpaired) electrons. The van der Waals surface area contributed by atoms with E-state index < -0.39 is 11.1 Å². The van der Waals surface area contributed by atoms with Gasteiger partial charge in [-0.05, 0) is 66.4 Å². The Balaban J connectivity index is 1.85. The average Bonchev–Trinajstić information content (AvgIpc) is 2.96. The number of ether oxygens (including phenoxy) is 1. The van der Waals surface area contributed by atoms with Crippen molar-refractivity contribution < 1.29 is 19.1 Å². The summed E-state index contributed by atoms with van der Waals surface area (Å²) in [6.07, 6.45) is 1.72. The first-order valence-corrected chi connectivity index (χ1v) is 10.6. The summed E-state index contributed by atoms with van der Waals surface area (Å²) in [4.78, 5) is 39.1. The molecule has 0 aromatic heterocycles. The standard InChI is InChI=1S/C24H25NO4S/c1-14(2)19-11-18(16(4)10-21(19)29-5)12-22-23(27)25(24(28)30-22)13-20(26)17-8-6-15(3)7-9-17/h6-12,14H,13H2,1-5H3/b22-12-. The number of amides is 2. The summed E-state index contributed by atoms with van der Waals surface area (Å²) in [6, 6.07) is 11.0. The topological polar surface area (TPSA) is 63.7 Å². The molecule has 1 fully saturated rings. The van der Waals surface area contributed by atoms with Crippen LogP contribution < -0.4 is 4.74 Å². The zero-order chi connectivity index (χ0) is 22.0. The minimum absolute atomic E-state index is 0.245. The fourth-order valence-electron chi connectivity index (χ4n) is 3.25. The molecule has 6 heteroatoms. The number of hydrogen-bond donors (Lipinski definition) is 0. The summed E-state index contributed by atoms with van der Waals surface area (Å²) in [7, 11) is 1.64. The molecule has 0 spiro atoms. The number of rotatable bonds is 6. The van der Waals surface area contributed by atoms with Crippen LogP contribution in [0.5, 0.6) is 5.75 Å². The highest BCUT2D eigenvalue weighted by Crippen LogP contribution is 2.35. The molecule has 156 valence electrons. The average molecular weight is 424 g/mol. The third-order valence-electron chi connectivity index (χ3n) is 5.08. The lowest BCUT2D eigenvalue weighted by molar-refractivity contribution is -0.122. The lowest BCUT2D eigenvalue weighted by atomic mass is 9.96. The Hall–Kier alpha value is -2.86. The minimum atomic E-state index is -0.438. The van der Waals surface area contributed by atoms with Gasteiger partial charge < -0.3 is 4.74 Å². The number of aryl methyl sites for hydroxylation is 2. The van der Waals surface area contributed by atoms with Crippen molar-refractivity contribution in [2.45, 2.75) is 33.6 Å². The first-order valence-electron chi connectivity index (χ1n) is 9.75. The van der Waals surface area contributed by atoms with Gasteiger partial charge in [-0.2, -0.15) is 0 Å². The Morgan fingerprint density at radius 2 is 1.80 bits per heavy atom. The Morgan fingerprint density at radius 1 is 1.13 bits per heavy atom. The largest absolute Gasteiger partial charge is 0.496 e. The Kier molecular flexibility index (Phi) is 6.46. The zero-order valence-electron chi connectivity index (χ0n) is 17.8. The number of hydrogen-bond acceptors (Lipinski definition) is 5. The first-order chi connectivity index (χ1) is 14.2. The van der Waals surface area contributed by atoms with Gasteiger partial charge in [-0.3, -0.25) is 19.3 Å². The molecule has 0 bridgehead atoms. The molecule has 2 aromatic rings. The van der Waals surface area contributed by atoms with Crippen LogP contribution in [0.1, 0.15) is 52.4 Å². The molecule has 2 aromatic carbocycles. The molecule has 0 N–H and O–H groups in total. The lowest BCUT2D eigenvalue weighted by Gasteiger charge is -2.15. The van der Waals surface area contributed by atoms with Gasteiger partial charge in [-0.25, -0.2) is 0 Å². The highest BCUT2D eigenvalue weighted by molar-refractivity contribution is 8.18. The van der Waals surface area contributed by atoms with Gasteiger partial charge in [-0.1, -0.05) is 43.7 Å². The van der Waals surface area contributed by atoms with Crippen molar-refractivity contribution in [1.82, 2.24) is 4.90 Å². The summed E-state index contributed by atoms with van der Waals surface area (Å²) in [5.41, 5.74) is 4.35. The van der Waals surface area contributed by atoms with Crippen molar-refractivity contribution >= 4 is 34.8 Å². The Morgan fingerprint density at radius 3 is 2.40 bits per heavy atom. The van der Waals surface area contributed by atoms with E-state index in [1.165, 1.54) is 0 Å². The smallest absolute Gasteiger partial charge is 0.293 e. The van der Waals surface area contributed by atoms with Crippen molar-refractivity contribution in [2.24, 2.45) is 0 Å². The molecule has 5 nitrogen and oxygen atoms in total. The maximum Gasteiger partial charge on any atom is 0.293 e. The Bertz CT molecular complexity index is 1040. The van der Waals surface area contributed by atoms with Crippen LogP contribution in [-0.4, -0.2) is 35.5 Å². The SMILES string of the molecule is COc1cc(C)c(/C=C2\SC(=O)N(CC(=O)c3ccc(C)cc3)C2=O)cc1C(C)C. The third-order valence-corrected chi connectivity index (χ3v) is 5.98. The van der Waals surface area contributed by atoms with Crippen LogP contribution in [0.15, 0.2) is 41.3 Å². The molecule has 30 heavy (non-hydrogen) atoms. The molecule has 0 unspecified atom stereocenters. The van der Waals surface area contributed by atoms with Gasteiger partial charge in [0, 0.05) is 5.56 Å². The maximum atomic E-state index is 12.8. The second kappa shape index (κ2) is 8.88. The molecule has 1 aliphatic heterocycles. The number of imide groups is 1. The predicted molar refractivity (Wildman–Crippen MR) is 120 cm³/mol. The second-order valence-corrected chi connectivity index (χ2v) is 8.66. The van der Waals surface area contributed by atoms with Crippen LogP contribution in [0.25, 0.3) is 6.08 Å². The van der Waals surface area contributed by atoms with E-state index in [2.05, 4.69) is 13.8 Å². The maximum absolute atomic E-state index is 12.8. The molecule has 2 amide bonds. The van der Waals surface area contributed by atoms with Gasteiger partial charge in [-0.15, -0.1) is 0 Å². The summed E-state index contributed by atoms with van der Waals surface area (Å²) in [6.45, 7) is 7.75. The monoisotopic (exact) mass is 423 g/mol. The molecule has 1 heterocycles. The van der Waals surface area contributed by atoms with E-state index >= 15 is 0 Å². The summed E-state index contributed by atoms with van der Waals surface area (Å²) in [5.74, 6) is 0.347. The number of benzene rings is 2. The number of ketones is 1. The molecule has 0 saturated carbocycles. The fraction of sp³-hybridized carbons (Fsp3) is 0.292. The number of methoxy groups -OCH3 is 1. The molecular formula is C24H25NO4S. The number of thioether (sulfide) groups is 1. The quantitative estimate of drug-likeness (QED) is 0.463. The van der Waals surface area contributed by atoms with Gasteiger partial charge in [0.05, 0.1) is 18.6 Å². The normalized spacial score (nSPS) is 15.4. The summed E-state index contributed by atoms with van der Waals surface area (Å²) in [5, 5.41) is -0.429. The molecule has 1 aliphatic rings. The van der Waals surface area contributed by atoms with E-state index in [9.17, 15) is 14.4 Å². The fourth-order valence-corrected chi connectivity index (χ4v) is 4.08. The number of carbonyl (C=O) groups is 3. The van der Waals surface area contributed by atoms with E-state index in [-0.39, 0.29) is 18.2 Å². The zero-order valence-corrected chi connectivity index (χ0v) is 18.6. The third kappa shape index (κ3) is 4.49.